The van der Waals surface area contributed by atoms with E-state index in [1.54, 1.807) is 20.8 Å². The van der Waals surface area contributed by atoms with E-state index in [-0.39, 0.29) is 16.4 Å². The summed E-state index contributed by atoms with van der Waals surface area (Å²) in [6.45, 7) is 5.97. The molecule has 0 saturated carbocycles. The highest BCUT2D eigenvalue weighted by atomic mass is 32.2. The van der Waals surface area contributed by atoms with Gasteiger partial charge in [0.25, 0.3) is 5.91 Å². The number of benzene rings is 1. The van der Waals surface area contributed by atoms with Gasteiger partial charge in [-0.05, 0) is 62.9 Å². The second-order valence-electron chi connectivity index (χ2n) is 6.60. The number of hydrogen-bond acceptors (Lipinski definition) is 3. The van der Waals surface area contributed by atoms with Gasteiger partial charge in [-0.3, -0.25) is 4.79 Å². The average Bonchev–Trinajstić information content (AvgIpc) is 3.19. The molecule has 0 spiro atoms. The number of aromatic amines is 1. The number of halogens is 1. The van der Waals surface area contributed by atoms with Gasteiger partial charge in [0.15, 0.2) is 0 Å². The third-order valence-corrected chi connectivity index (χ3v) is 6.87. The number of sulfonamides is 1. The fourth-order valence-corrected chi connectivity index (χ4v) is 5.28. The zero-order valence-corrected chi connectivity index (χ0v) is 15.8. The summed E-state index contributed by atoms with van der Waals surface area (Å²) in [6.07, 6.45) is 1.69. The first-order valence-corrected chi connectivity index (χ1v) is 9.92. The van der Waals surface area contributed by atoms with Gasteiger partial charge in [-0.15, -0.1) is 0 Å². The van der Waals surface area contributed by atoms with Crippen molar-refractivity contribution < 1.29 is 17.6 Å². The van der Waals surface area contributed by atoms with Crippen LogP contribution in [0.1, 0.15) is 40.2 Å². The summed E-state index contributed by atoms with van der Waals surface area (Å²) in [5.41, 5.74) is 2.10. The third kappa shape index (κ3) is 3.26. The topological polar surface area (TPSA) is 82.3 Å². The Hall–Kier alpha value is -2.19. The van der Waals surface area contributed by atoms with Crippen LogP contribution >= 0.6 is 0 Å². The van der Waals surface area contributed by atoms with Crippen molar-refractivity contribution in [2.24, 2.45) is 0 Å². The van der Waals surface area contributed by atoms with E-state index in [2.05, 4.69) is 10.3 Å². The van der Waals surface area contributed by atoms with E-state index < -0.39 is 15.9 Å². The van der Waals surface area contributed by atoms with Crippen molar-refractivity contribution >= 4 is 21.6 Å². The van der Waals surface area contributed by atoms with Crippen molar-refractivity contribution in [3.05, 3.63) is 46.5 Å². The van der Waals surface area contributed by atoms with E-state index in [9.17, 15) is 17.6 Å². The lowest BCUT2D eigenvalue weighted by molar-refractivity contribution is 0.102. The number of nitrogens with one attached hydrogen (secondary N) is 2. The van der Waals surface area contributed by atoms with Crippen molar-refractivity contribution in [3.63, 3.8) is 0 Å². The molecular weight excluding hydrogens is 357 g/mol. The molecule has 1 saturated heterocycles. The maximum atomic E-state index is 13.2. The van der Waals surface area contributed by atoms with Gasteiger partial charge in [0.1, 0.15) is 16.4 Å². The second kappa shape index (κ2) is 6.85. The summed E-state index contributed by atoms with van der Waals surface area (Å²) < 4.78 is 40.5. The number of anilines is 1. The number of H-pyrrole nitrogens is 1. The van der Waals surface area contributed by atoms with Gasteiger partial charge < -0.3 is 10.3 Å². The molecule has 1 aromatic heterocycles. The fourth-order valence-electron chi connectivity index (χ4n) is 3.36. The molecule has 2 aromatic rings. The Kier molecular flexibility index (Phi) is 4.90. The van der Waals surface area contributed by atoms with Gasteiger partial charge in [0.2, 0.25) is 10.0 Å². The number of aromatic nitrogens is 1. The Balaban J connectivity index is 1.93. The lowest BCUT2D eigenvalue weighted by Crippen LogP contribution is -2.28. The Labute approximate surface area is 152 Å². The fraction of sp³-hybridized carbons (Fsp3) is 0.389. The van der Waals surface area contributed by atoms with Crippen LogP contribution < -0.4 is 5.32 Å². The van der Waals surface area contributed by atoms with Gasteiger partial charge in [-0.1, -0.05) is 0 Å². The minimum absolute atomic E-state index is 0.167. The highest BCUT2D eigenvalue weighted by Gasteiger charge is 2.33. The number of carbonyl (C=O) groups is 1. The number of amides is 1. The SMILES string of the molecule is Cc1cc(F)ccc1NC(=O)c1[nH]c(C)c(S(=O)(=O)N2CCCC2)c1C. The molecule has 0 unspecified atom stereocenters. The largest absolute Gasteiger partial charge is 0.353 e. The molecule has 0 aliphatic carbocycles. The van der Waals surface area contributed by atoms with Crippen LogP contribution in [0.2, 0.25) is 0 Å². The van der Waals surface area contributed by atoms with Crippen LogP contribution in [-0.4, -0.2) is 36.7 Å². The lowest BCUT2D eigenvalue weighted by Gasteiger charge is -2.16. The predicted octanol–water partition coefficient (Wildman–Crippen LogP) is 3.12. The molecule has 1 aliphatic heterocycles. The quantitative estimate of drug-likeness (QED) is 0.856. The van der Waals surface area contributed by atoms with E-state index in [1.165, 1.54) is 22.5 Å². The van der Waals surface area contributed by atoms with Crippen molar-refractivity contribution in [1.82, 2.24) is 9.29 Å². The van der Waals surface area contributed by atoms with Crippen molar-refractivity contribution in [3.8, 4) is 0 Å². The minimum atomic E-state index is -3.63. The average molecular weight is 379 g/mol. The van der Waals surface area contributed by atoms with Crippen molar-refractivity contribution in [2.75, 3.05) is 18.4 Å². The molecule has 6 nitrogen and oxygen atoms in total. The summed E-state index contributed by atoms with van der Waals surface area (Å²) in [6, 6.07) is 4.07. The zero-order chi connectivity index (χ0) is 19.1. The summed E-state index contributed by atoms with van der Waals surface area (Å²) in [7, 11) is -3.63. The first kappa shape index (κ1) is 18.6. The van der Waals surface area contributed by atoms with E-state index in [0.717, 1.165) is 12.8 Å². The van der Waals surface area contributed by atoms with Gasteiger partial charge in [0.05, 0.1) is 0 Å². The highest BCUT2D eigenvalue weighted by Crippen LogP contribution is 2.29. The molecule has 2 heterocycles. The van der Waals surface area contributed by atoms with Crippen molar-refractivity contribution in [1.29, 1.82) is 0 Å². The predicted molar refractivity (Wildman–Crippen MR) is 97.3 cm³/mol. The van der Waals surface area contributed by atoms with Crippen LogP contribution in [0.3, 0.4) is 0 Å². The maximum Gasteiger partial charge on any atom is 0.272 e. The molecule has 1 fully saturated rings. The van der Waals surface area contributed by atoms with E-state index in [0.29, 0.717) is 35.6 Å². The van der Waals surface area contributed by atoms with Crippen LogP contribution in [0.5, 0.6) is 0 Å². The third-order valence-electron chi connectivity index (χ3n) is 4.70. The summed E-state index contributed by atoms with van der Waals surface area (Å²) in [4.78, 5) is 15.7. The normalized spacial score (nSPS) is 15.4. The van der Waals surface area contributed by atoms with Crippen LogP contribution in [-0.2, 0) is 10.0 Å². The molecule has 2 N–H and O–H groups in total. The number of aryl methyl sites for hydroxylation is 2. The van der Waals surface area contributed by atoms with Crippen LogP contribution in [0.25, 0.3) is 0 Å². The van der Waals surface area contributed by atoms with E-state index in [4.69, 9.17) is 0 Å². The monoisotopic (exact) mass is 379 g/mol. The Bertz CT molecular complexity index is 960. The molecule has 1 aliphatic rings. The summed E-state index contributed by atoms with van der Waals surface area (Å²) >= 11 is 0. The van der Waals surface area contributed by atoms with Crippen LogP contribution in [0, 0.1) is 26.6 Å². The minimum Gasteiger partial charge on any atom is -0.353 e. The molecule has 8 heteroatoms. The molecular formula is C18H22FN3O3S. The van der Waals surface area contributed by atoms with Gasteiger partial charge >= 0.3 is 0 Å². The Morgan fingerprint density at radius 1 is 1.19 bits per heavy atom. The maximum absolute atomic E-state index is 13.2. The Morgan fingerprint density at radius 3 is 2.46 bits per heavy atom. The standard InChI is InChI=1S/C18H22FN3O3S/c1-11-10-14(19)6-7-15(11)21-18(23)16-12(2)17(13(3)20-16)26(24,25)22-8-4-5-9-22/h6-7,10,20H,4-5,8-9H2,1-3H3,(H,21,23). The molecule has 1 amide bonds. The molecule has 0 bridgehead atoms. The van der Waals surface area contributed by atoms with Gasteiger partial charge in [-0.25, -0.2) is 12.8 Å². The second-order valence-corrected chi connectivity index (χ2v) is 8.48. The molecule has 0 atom stereocenters. The number of carbonyl (C=O) groups excluding carboxylic acids is 1. The molecule has 1 aromatic carbocycles. The van der Waals surface area contributed by atoms with Gasteiger partial charge in [0, 0.05) is 24.5 Å². The molecule has 3 rings (SSSR count). The van der Waals surface area contributed by atoms with Gasteiger partial charge in [-0.2, -0.15) is 4.31 Å². The molecule has 26 heavy (non-hydrogen) atoms. The van der Waals surface area contributed by atoms with Crippen LogP contribution in [0.4, 0.5) is 10.1 Å². The highest BCUT2D eigenvalue weighted by molar-refractivity contribution is 7.89. The van der Waals surface area contributed by atoms with Crippen LogP contribution in [0.15, 0.2) is 23.1 Å². The number of nitrogens with zero attached hydrogens (tertiary/aromatic N) is 1. The number of rotatable bonds is 4. The summed E-state index contributed by atoms with van der Waals surface area (Å²) in [5.74, 6) is -0.838. The molecule has 140 valence electrons. The van der Waals surface area contributed by atoms with Crippen molar-refractivity contribution in [2.45, 2.75) is 38.5 Å². The molecule has 0 radical (unpaired) electrons. The van der Waals surface area contributed by atoms with E-state index in [1.807, 2.05) is 0 Å². The first-order valence-electron chi connectivity index (χ1n) is 8.48. The zero-order valence-electron chi connectivity index (χ0n) is 15.0. The number of hydrogen-bond donors (Lipinski definition) is 2. The smallest absolute Gasteiger partial charge is 0.272 e. The summed E-state index contributed by atoms with van der Waals surface area (Å²) in [5, 5.41) is 2.71. The lowest BCUT2D eigenvalue weighted by atomic mass is 10.2. The van der Waals surface area contributed by atoms with E-state index >= 15 is 0 Å². The first-order chi connectivity index (χ1) is 12.2. The Morgan fingerprint density at radius 2 is 1.85 bits per heavy atom.